The lowest BCUT2D eigenvalue weighted by atomic mass is 9.99. The van der Waals surface area contributed by atoms with Gasteiger partial charge < -0.3 is 19.3 Å². The standard InChI is InChI=1S/C46H50Cl2F2N12O4/c1-25-51-39-37(33-11-9-27(47)17-35(33)49)53-45(55-41(39)43(63)57(25)3)59-13-5-7-29(19-59)58-15-16-66-32(23-58)24-62-26(2)52-40-38(34-12-10-28(48)18-36(34)50)54-46(56-42(40)44(62)64)60-14-6-8-30(20-60)61-21-31(22-61)65-4/h9-12,17-18,29-32H,5-8,13-16,19-24H2,1-4H3. The van der Waals surface area contributed by atoms with E-state index < -0.39 is 11.6 Å². The Bertz CT molecular complexity index is 2990. The summed E-state index contributed by atoms with van der Waals surface area (Å²) in [5.74, 6) is 0.378. The first-order chi connectivity index (χ1) is 31.8. The van der Waals surface area contributed by atoms with E-state index in [1.54, 1.807) is 56.8 Å². The summed E-state index contributed by atoms with van der Waals surface area (Å²) < 4.78 is 46.1. The highest BCUT2D eigenvalue weighted by Crippen LogP contribution is 2.34. The monoisotopic (exact) mass is 942 g/mol. The highest BCUT2D eigenvalue weighted by molar-refractivity contribution is 6.31. The number of likely N-dealkylation sites (tertiary alicyclic amines) is 1. The topological polar surface area (TPSA) is 153 Å². The normalized spacial score (nSPS) is 21.2. The molecule has 0 bridgehead atoms. The lowest BCUT2D eigenvalue weighted by Gasteiger charge is -2.47. The molecule has 0 spiro atoms. The summed E-state index contributed by atoms with van der Waals surface area (Å²) in [7, 11) is 3.36. The van der Waals surface area contributed by atoms with Gasteiger partial charge in [0.2, 0.25) is 11.9 Å². The molecule has 0 saturated carbocycles. The Morgan fingerprint density at radius 1 is 0.682 bits per heavy atom. The fraction of sp³-hybridized carbons (Fsp3) is 0.478. The molecule has 6 aromatic rings. The molecule has 0 aliphatic carbocycles. The van der Waals surface area contributed by atoms with Gasteiger partial charge in [-0.1, -0.05) is 23.2 Å². The first-order valence-corrected chi connectivity index (χ1v) is 23.2. The number of benzene rings is 2. The number of ether oxygens (including phenoxy) is 2. The highest BCUT2D eigenvalue weighted by atomic mass is 35.5. The second kappa shape index (κ2) is 18.1. The molecule has 3 atom stereocenters. The Kier molecular flexibility index (Phi) is 12.2. The maximum atomic E-state index is 15.7. The van der Waals surface area contributed by atoms with Crippen LogP contribution in [0.5, 0.6) is 0 Å². The zero-order valence-electron chi connectivity index (χ0n) is 37.2. The largest absolute Gasteiger partial charge is 0.379 e. The molecule has 4 saturated heterocycles. The number of methoxy groups -OCH3 is 1. The van der Waals surface area contributed by atoms with Gasteiger partial charge in [-0.15, -0.1) is 0 Å². The Morgan fingerprint density at radius 3 is 1.79 bits per heavy atom. The van der Waals surface area contributed by atoms with Crippen molar-refractivity contribution < 1.29 is 18.3 Å². The van der Waals surface area contributed by atoms with Gasteiger partial charge in [0.1, 0.15) is 45.7 Å². The van der Waals surface area contributed by atoms with Crippen molar-refractivity contribution in [3.05, 3.63) is 90.4 Å². The predicted octanol–water partition coefficient (Wildman–Crippen LogP) is 5.43. The molecule has 2 aromatic carbocycles. The van der Waals surface area contributed by atoms with Crippen molar-refractivity contribution in [3.8, 4) is 22.5 Å². The molecule has 8 heterocycles. The first kappa shape index (κ1) is 44.6. The van der Waals surface area contributed by atoms with Crippen LogP contribution in [0, 0.1) is 25.5 Å². The number of aromatic nitrogens is 8. The lowest BCUT2D eigenvalue weighted by molar-refractivity contribution is -0.0526. The zero-order valence-corrected chi connectivity index (χ0v) is 38.7. The van der Waals surface area contributed by atoms with Crippen molar-refractivity contribution in [2.75, 3.05) is 75.9 Å². The van der Waals surface area contributed by atoms with Crippen molar-refractivity contribution >= 4 is 57.2 Å². The molecule has 10 rings (SSSR count). The molecule has 16 nitrogen and oxygen atoms in total. The summed E-state index contributed by atoms with van der Waals surface area (Å²) >= 11 is 12.3. The molecule has 3 unspecified atom stereocenters. The number of fused-ring (bicyclic) bond motifs is 2. The van der Waals surface area contributed by atoms with Crippen LogP contribution in [0.1, 0.15) is 37.3 Å². The number of morpholine rings is 1. The number of piperidine rings is 2. The van der Waals surface area contributed by atoms with Crippen LogP contribution < -0.4 is 20.9 Å². The molecule has 20 heteroatoms. The highest BCUT2D eigenvalue weighted by Gasteiger charge is 2.36. The zero-order chi connectivity index (χ0) is 46.0. The van der Waals surface area contributed by atoms with Crippen molar-refractivity contribution in [1.82, 2.24) is 48.8 Å². The van der Waals surface area contributed by atoms with Gasteiger partial charge in [-0.2, -0.15) is 0 Å². The smallest absolute Gasteiger partial charge is 0.280 e. The quantitative estimate of drug-likeness (QED) is 0.181. The Morgan fingerprint density at radius 2 is 1.23 bits per heavy atom. The van der Waals surface area contributed by atoms with Crippen molar-refractivity contribution in [1.29, 1.82) is 0 Å². The SMILES string of the molecule is COC1CN(C2CCCN(c3nc(-c4ccc(Cl)cc4F)c4nc(C)n(CC5CN(C6CCCN(c7nc(-c8ccc(Cl)cc8F)c8nc(C)n(C)c(=O)c8n7)C6)CCO5)c(=O)c4n3)C2)C1. The minimum atomic E-state index is -0.580. The molecule has 0 amide bonds. The average molecular weight is 944 g/mol. The number of halogens is 4. The molecule has 0 radical (unpaired) electrons. The van der Waals surface area contributed by atoms with Crippen molar-refractivity contribution in [2.24, 2.45) is 7.05 Å². The second-order valence-corrected chi connectivity index (χ2v) is 18.6. The van der Waals surface area contributed by atoms with Crippen molar-refractivity contribution in [3.63, 3.8) is 0 Å². The number of hydrogen-bond donors (Lipinski definition) is 0. The van der Waals surface area contributed by atoms with E-state index >= 15 is 8.78 Å². The van der Waals surface area contributed by atoms with Crippen LogP contribution in [0.15, 0.2) is 46.0 Å². The van der Waals surface area contributed by atoms with Gasteiger partial charge >= 0.3 is 0 Å². The third-order valence-corrected chi connectivity index (χ3v) is 14.1. The van der Waals surface area contributed by atoms with E-state index in [9.17, 15) is 9.59 Å². The van der Waals surface area contributed by atoms with Crippen molar-refractivity contribution in [2.45, 2.75) is 70.4 Å². The van der Waals surface area contributed by atoms with Crippen LogP contribution in [-0.4, -0.2) is 139 Å². The molecular formula is C46H50Cl2F2N12O4. The molecule has 4 aliphatic heterocycles. The Hall–Kier alpha value is -5.24. The molecule has 4 aromatic heterocycles. The number of anilines is 2. The van der Waals surface area contributed by atoms with Crippen LogP contribution in [0.25, 0.3) is 44.6 Å². The molecule has 0 N–H and O–H groups in total. The van der Waals surface area contributed by atoms with Gasteiger partial charge in [-0.05, 0) is 75.9 Å². The number of nitrogens with zero attached hydrogens (tertiary/aromatic N) is 12. The first-order valence-electron chi connectivity index (χ1n) is 22.4. The summed E-state index contributed by atoms with van der Waals surface area (Å²) in [5.41, 5.74) is 0.732. The van der Waals surface area contributed by atoms with Crippen LogP contribution in [-0.2, 0) is 23.1 Å². The van der Waals surface area contributed by atoms with Crippen LogP contribution in [0.4, 0.5) is 20.7 Å². The minimum absolute atomic E-state index is 0.0591. The van der Waals surface area contributed by atoms with E-state index in [2.05, 4.69) is 19.7 Å². The third kappa shape index (κ3) is 8.40. The number of rotatable bonds is 9. The molecular weight excluding hydrogens is 893 g/mol. The average Bonchev–Trinajstić information content (AvgIpc) is 3.29. The molecule has 66 heavy (non-hydrogen) atoms. The summed E-state index contributed by atoms with van der Waals surface area (Å²) in [4.78, 5) is 66.2. The fourth-order valence-electron chi connectivity index (χ4n) is 9.85. The van der Waals surface area contributed by atoms with Crippen LogP contribution in [0.3, 0.4) is 0 Å². The van der Waals surface area contributed by atoms with E-state index in [1.165, 1.54) is 16.7 Å². The summed E-state index contributed by atoms with van der Waals surface area (Å²) in [6.45, 7) is 9.54. The van der Waals surface area contributed by atoms with E-state index in [0.717, 1.165) is 38.8 Å². The predicted molar refractivity (Wildman–Crippen MR) is 249 cm³/mol. The van der Waals surface area contributed by atoms with E-state index in [1.807, 2.05) is 4.90 Å². The maximum Gasteiger partial charge on any atom is 0.280 e. The van der Waals surface area contributed by atoms with Crippen LogP contribution >= 0.6 is 23.2 Å². The van der Waals surface area contributed by atoms with E-state index in [0.29, 0.717) is 69.4 Å². The Labute approximate surface area is 389 Å². The maximum absolute atomic E-state index is 15.7. The number of hydrogen-bond acceptors (Lipinski definition) is 14. The summed E-state index contributed by atoms with van der Waals surface area (Å²) in [6.07, 6.45) is 3.48. The van der Waals surface area contributed by atoms with Gasteiger partial charge in [0.15, 0.2) is 11.0 Å². The van der Waals surface area contributed by atoms with Gasteiger partial charge in [-0.3, -0.25) is 28.5 Å². The van der Waals surface area contributed by atoms with E-state index in [4.69, 9.17) is 57.6 Å². The minimum Gasteiger partial charge on any atom is -0.379 e. The fourth-order valence-corrected chi connectivity index (χ4v) is 10.2. The number of aryl methyl sites for hydroxylation is 2. The molecule has 346 valence electrons. The molecule has 4 fully saturated rings. The van der Waals surface area contributed by atoms with E-state index in [-0.39, 0.29) is 96.6 Å². The molecule has 4 aliphatic rings. The summed E-state index contributed by atoms with van der Waals surface area (Å²) in [5, 5.41) is 0.483. The van der Waals surface area contributed by atoms with Gasteiger partial charge in [0.05, 0.1) is 25.4 Å². The van der Waals surface area contributed by atoms with Crippen LogP contribution in [0.2, 0.25) is 10.0 Å². The lowest BCUT2D eigenvalue weighted by Crippen LogP contribution is -2.60. The Balaban J connectivity index is 0.931. The van der Waals surface area contributed by atoms with Gasteiger partial charge in [-0.25, -0.2) is 38.7 Å². The summed E-state index contributed by atoms with van der Waals surface area (Å²) in [6, 6.07) is 9.07. The van der Waals surface area contributed by atoms with Gasteiger partial charge in [0, 0.05) is 99.8 Å². The van der Waals surface area contributed by atoms with Gasteiger partial charge in [0.25, 0.3) is 11.1 Å². The second-order valence-electron chi connectivity index (χ2n) is 17.8. The third-order valence-electron chi connectivity index (χ3n) is 13.7.